The summed E-state index contributed by atoms with van der Waals surface area (Å²) in [7, 11) is -2.05. The van der Waals surface area contributed by atoms with Gasteiger partial charge in [0.15, 0.2) is 15.5 Å². The minimum absolute atomic E-state index is 0.00536. The van der Waals surface area contributed by atoms with E-state index in [0.29, 0.717) is 16.3 Å². The van der Waals surface area contributed by atoms with Gasteiger partial charge in [0.2, 0.25) is 11.6 Å². The molecule has 0 saturated carbocycles. The van der Waals surface area contributed by atoms with E-state index in [0.717, 1.165) is 6.26 Å². The van der Waals surface area contributed by atoms with E-state index in [1.807, 2.05) is 0 Å². The second-order valence-corrected chi connectivity index (χ2v) is 9.75. The zero-order chi connectivity index (χ0) is 23.8. The highest BCUT2D eigenvalue weighted by Crippen LogP contribution is 2.35. The first kappa shape index (κ1) is 23.1. The number of aromatic nitrogens is 4. The lowest BCUT2D eigenvalue weighted by Gasteiger charge is -2.06. The molecule has 0 bridgehead atoms. The van der Waals surface area contributed by atoms with Gasteiger partial charge in [-0.25, -0.2) is 13.1 Å². The molecule has 12 heteroatoms. The van der Waals surface area contributed by atoms with Gasteiger partial charge in [-0.05, 0) is 30.3 Å². The van der Waals surface area contributed by atoms with Gasteiger partial charge in [-0.15, -0.1) is 0 Å². The Hall–Kier alpha value is -3.05. The molecule has 9 nitrogen and oxygen atoms in total. The Morgan fingerprint density at radius 3 is 2.61 bits per heavy atom. The van der Waals surface area contributed by atoms with Crippen LogP contribution in [0, 0.1) is 0 Å². The number of Topliss-reactive ketones (excluding diaryl/α,β-unsaturated/α-hetero) is 1. The number of ether oxygens (including phenoxy) is 1. The van der Waals surface area contributed by atoms with Crippen LogP contribution in [-0.4, -0.2) is 54.1 Å². The fraction of sp³-hybridized carbons (Fsp3) is 0.143. The summed E-state index contributed by atoms with van der Waals surface area (Å²) in [5.41, 5.74) is 0.975. The van der Waals surface area contributed by atoms with Crippen LogP contribution in [0.2, 0.25) is 10.0 Å². The number of benzene rings is 2. The number of para-hydroxylation sites is 1. The number of halogens is 2. The highest BCUT2D eigenvalue weighted by Gasteiger charge is 2.27. The first-order chi connectivity index (χ1) is 15.7. The molecule has 2 aromatic heterocycles. The molecule has 170 valence electrons. The maximum atomic E-state index is 12.5. The number of ketones is 1. The SMILES string of the molecule is COCC(=O)c1nn(-c2ccccc2Cl)c(-c2noc(-c3cccc(S(C)(=O)=O)c3)n2)c1Cl. The summed E-state index contributed by atoms with van der Waals surface area (Å²) in [5.74, 6) is -0.356. The molecule has 0 aliphatic rings. The molecule has 0 saturated heterocycles. The molecule has 0 fully saturated rings. The topological polar surface area (TPSA) is 117 Å². The summed E-state index contributed by atoms with van der Waals surface area (Å²) in [6.07, 6.45) is 1.10. The average molecular weight is 507 g/mol. The molecular formula is C21H16Cl2N4O5S. The number of hydrogen-bond donors (Lipinski definition) is 0. The van der Waals surface area contributed by atoms with Crippen molar-refractivity contribution in [3.8, 4) is 28.7 Å². The third kappa shape index (κ3) is 4.55. The van der Waals surface area contributed by atoms with Gasteiger partial charge in [0.25, 0.3) is 5.89 Å². The van der Waals surface area contributed by atoms with Gasteiger partial charge in [-0.1, -0.05) is 46.6 Å². The molecule has 4 aromatic rings. The van der Waals surface area contributed by atoms with E-state index in [1.165, 1.54) is 23.9 Å². The van der Waals surface area contributed by atoms with Gasteiger partial charge in [0, 0.05) is 18.9 Å². The smallest absolute Gasteiger partial charge is 0.258 e. The first-order valence-corrected chi connectivity index (χ1v) is 12.1. The largest absolute Gasteiger partial charge is 0.376 e. The highest BCUT2D eigenvalue weighted by atomic mass is 35.5. The molecule has 2 aromatic carbocycles. The summed E-state index contributed by atoms with van der Waals surface area (Å²) in [6.45, 7) is -0.228. The van der Waals surface area contributed by atoms with E-state index in [9.17, 15) is 13.2 Å². The molecule has 4 rings (SSSR count). The van der Waals surface area contributed by atoms with E-state index in [-0.39, 0.29) is 39.6 Å². The van der Waals surface area contributed by atoms with Crippen LogP contribution in [0.25, 0.3) is 28.7 Å². The summed E-state index contributed by atoms with van der Waals surface area (Å²) < 4.78 is 35.4. The Labute approximate surface area is 198 Å². The summed E-state index contributed by atoms with van der Waals surface area (Å²) in [4.78, 5) is 17.0. The summed E-state index contributed by atoms with van der Waals surface area (Å²) in [6, 6.07) is 12.9. The number of carbonyl (C=O) groups is 1. The van der Waals surface area contributed by atoms with Crippen molar-refractivity contribution in [1.82, 2.24) is 19.9 Å². The quantitative estimate of drug-likeness (QED) is 0.343. The van der Waals surface area contributed by atoms with Crippen LogP contribution in [0.4, 0.5) is 0 Å². The predicted molar refractivity (Wildman–Crippen MR) is 122 cm³/mol. The maximum absolute atomic E-state index is 12.5. The molecular weight excluding hydrogens is 491 g/mol. The van der Waals surface area contributed by atoms with Crippen molar-refractivity contribution < 1.29 is 22.5 Å². The molecule has 33 heavy (non-hydrogen) atoms. The van der Waals surface area contributed by atoms with Crippen LogP contribution < -0.4 is 0 Å². The molecule has 0 aliphatic heterocycles. The predicted octanol–water partition coefficient (Wildman–Crippen LogP) is 4.13. The number of nitrogens with zero attached hydrogens (tertiary/aromatic N) is 4. The van der Waals surface area contributed by atoms with E-state index in [2.05, 4.69) is 15.2 Å². The Morgan fingerprint density at radius 2 is 1.91 bits per heavy atom. The van der Waals surface area contributed by atoms with Gasteiger partial charge in [0.05, 0.1) is 15.6 Å². The molecule has 0 spiro atoms. The molecule has 0 aliphatic carbocycles. The molecule has 0 amide bonds. The van der Waals surface area contributed by atoms with Crippen LogP contribution in [0.15, 0.2) is 57.9 Å². The van der Waals surface area contributed by atoms with Crippen LogP contribution in [0.5, 0.6) is 0 Å². The molecule has 0 atom stereocenters. The molecule has 0 radical (unpaired) electrons. The lowest BCUT2D eigenvalue weighted by atomic mass is 10.2. The second-order valence-electron chi connectivity index (χ2n) is 6.95. The summed E-state index contributed by atoms with van der Waals surface area (Å²) >= 11 is 12.9. The highest BCUT2D eigenvalue weighted by molar-refractivity contribution is 7.90. The molecule has 0 unspecified atom stereocenters. The first-order valence-electron chi connectivity index (χ1n) is 9.41. The van der Waals surface area contributed by atoms with Gasteiger partial charge in [-0.3, -0.25) is 4.79 Å². The standard InChI is InChI=1S/C21H16Cl2N4O5S/c1-31-11-16(28)18-17(23)19(27(25-18)15-9-4-3-8-14(15)22)20-24-21(32-26-20)12-6-5-7-13(10-12)33(2,29)30/h3-10H,11H2,1-2H3. The van der Waals surface area contributed by atoms with E-state index in [4.69, 9.17) is 32.5 Å². The minimum Gasteiger partial charge on any atom is -0.376 e. The van der Waals surface area contributed by atoms with E-state index in [1.54, 1.807) is 36.4 Å². The number of carbonyl (C=O) groups excluding carboxylic acids is 1. The van der Waals surface area contributed by atoms with E-state index < -0.39 is 15.6 Å². The maximum Gasteiger partial charge on any atom is 0.258 e. The van der Waals surface area contributed by atoms with Gasteiger partial charge in [0.1, 0.15) is 17.3 Å². The number of methoxy groups -OCH3 is 1. The van der Waals surface area contributed by atoms with Crippen LogP contribution in [-0.2, 0) is 14.6 Å². The van der Waals surface area contributed by atoms with Crippen molar-refractivity contribution in [3.63, 3.8) is 0 Å². The van der Waals surface area contributed by atoms with Crippen molar-refractivity contribution in [2.75, 3.05) is 20.0 Å². The summed E-state index contributed by atoms with van der Waals surface area (Å²) in [5, 5.41) is 8.67. The van der Waals surface area contributed by atoms with Crippen LogP contribution in [0.1, 0.15) is 10.5 Å². The number of sulfone groups is 1. The normalized spacial score (nSPS) is 11.6. The Bertz CT molecular complexity index is 1460. The van der Waals surface area contributed by atoms with Crippen molar-refractivity contribution in [2.45, 2.75) is 4.90 Å². The Kier molecular flexibility index (Phi) is 6.35. The second kappa shape index (κ2) is 9.06. The lowest BCUT2D eigenvalue weighted by molar-refractivity contribution is 0.0842. The van der Waals surface area contributed by atoms with Gasteiger partial charge in [-0.2, -0.15) is 10.1 Å². The third-order valence-corrected chi connectivity index (χ3v) is 6.38. The van der Waals surface area contributed by atoms with Crippen molar-refractivity contribution >= 4 is 38.8 Å². The monoisotopic (exact) mass is 506 g/mol. The van der Waals surface area contributed by atoms with Crippen LogP contribution >= 0.6 is 23.2 Å². The van der Waals surface area contributed by atoms with Crippen molar-refractivity contribution in [3.05, 3.63) is 64.3 Å². The third-order valence-electron chi connectivity index (χ3n) is 4.59. The van der Waals surface area contributed by atoms with Crippen molar-refractivity contribution in [2.24, 2.45) is 0 Å². The number of rotatable bonds is 7. The zero-order valence-electron chi connectivity index (χ0n) is 17.3. The average Bonchev–Trinajstić information content (AvgIpc) is 3.38. The molecule has 0 N–H and O–H groups in total. The van der Waals surface area contributed by atoms with Gasteiger partial charge < -0.3 is 9.26 Å². The Balaban J connectivity index is 1.87. The minimum atomic E-state index is -3.43. The van der Waals surface area contributed by atoms with Gasteiger partial charge >= 0.3 is 0 Å². The van der Waals surface area contributed by atoms with E-state index >= 15 is 0 Å². The van der Waals surface area contributed by atoms with Crippen LogP contribution in [0.3, 0.4) is 0 Å². The Morgan fingerprint density at radius 1 is 1.15 bits per heavy atom. The number of hydrogen-bond acceptors (Lipinski definition) is 8. The lowest BCUT2D eigenvalue weighted by Crippen LogP contribution is -2.09. The molecule has 2 heterocycles. The fourth-order valence-electron chi connectivity index (χ4n) is 3.06. The fourth-order valence-corrected chi connectivity index (χ4v) is 4.25. The zero-order valence-corrected chi connectivity index (χ0v) is 19.6. The van der Waals surface area contributed by atoms with Crippen molar-refractivity contribution in [1.29, 1.82) is 0 Å².